The van der Waals surface area contributed by atoms with Crippen molar-refractivity contribution >= 4 is 7.12 Å². The predicted molar refractivity (Wildman–Crippen MR) is 54.6 cm³/mol. The standard InChI is InChI=1S/C7H16BN5O2/c9-6(7-10-12-13-11-7)4-2-1-3-5-8(14)15/h6,14-15H,1-5,9H2,(H,10,11,12,13). The zero-order chi connectivity index (χ0) is 11.1. The van der Waals surface area contributed by atoms with Gasteiger partial charge in [0.25, 0.3) is 0 Å². The number of hydrogen-bond donors (Lipinski definition) is 4. The molecule has 0 spiro atoms. The van der Waals surface area contributed by atoms with Gasteiger partial charge in [0.15, 0.2) is 5.82 Å². The normalized spacial score (nSPS) is 12.7. The molecule has 1 unspecified atom stereocenters. The zero-order valence-electron chi connectivity index (χ0n) is 8.50. The number of rotatable bonds is 7. The third-order valence-electron chi connectivity index (χ3n) is 2.17. The molecule has 5 N–H and O–H groups in total. The lowest BCUT2D eigenvalue weighted by Gasteiger charge is -2.06. The lowest BCUT2D eigenvalue weighted by molar-refractivity contribution is 0.401. The number of nitrogens with one attached hydrogen (secondary N) is 1. The number of nitrogens with zero attached hydrogens (tertiary/aromatic N) is 3. The quantitative estimate of drug-likeness (QED) is 0.348. The molecule has 0 aliphatic carbocycles. The van der Waals surface area contributed by atoms with Crippen LogP contribution in [0, 0.1) is 0 Å². The van der Waals surface area contributed by atoms with Crippen LogP contribution in [0.1, 0.15) is 37.5 Å². The summed E-state index contributed by atoms with van der Waals surface area (Å²) in [5.41, 5.74) is 5.80. The Balaban J connectivity index is 2.05. The molecular formula is C7H16BN5O2. The average Bonchev–Trinajstić information content (AvgIpc) is 2.69. The van der Waals surface area contributed by atoms with Crippen molar-refractivity contribution in [3.05, 3.63) is 5.82 Å². The van der Waals surface area contributed by atoms with Crippen molar-refractivity contribution in [3.63, 3.8) is 0 Å². The molecule has 8 heteroatoms. The van der Waals surface area contributed by atoms with Crippen LogP contribution >= 0.6 is 0 Å². The molecule has 0 saturated carbocycles. The van der Waals surface area contributed by atoms with Gasteiger partial charge in [-0.2, -0.15) is 5.21 Å². The minimum atomic E-state index is -1.20. The maximum atomic E-state index is 8.61. The number of H-pyrrole nitrogens is 1. The van der Waals surface area contributed by atoms with E-state index in [9.17, 15) is 0 Å². The van der Waals surface area contributed by atoms with E-state index in [1.54, 1.807) is 0 Å². The van der Waals surface area contributed by atoms with E-state index in [0.717, 1.165) is 25.7 Å². The van der Waals surface area contributed by atoms with Crippen LogP contribution in [0.5, 0.6) is 0 Å². The molecule has 0 saturated heterocycles. The van der Waals surface area contributed by atoms with Crippen LogP contribution in [0.2, 0.25) is 6.32 Å². The number of nitrogens with two attached hydrogens (primary N) is 1. The van der Waals surface area contributed by atoms with Gasteiger partial charge >= 0.3 is 7.12 Å². The Morgan fingerprint density at radius 2 is 2.13 bits per heavy atom. The minimum absolute atomic E-state index is 0.192. The van der Waals surface area contributed by atoms with Gasteiger partial charge in [0.2, 0.25) is 0 Å². The summed E-state index contributed by atoms with van der Waals surface area (Å²) in [4.78, 5) is 0. The van der Waals surface area contributed by atoms with E-state index in [0.29, 0.717) is 12.1 Å². The molecule has 0 aliphatic heterocycles. The van der Waals surface area contributed by atoms with Gasteiger partial charge in [0.05, 0.1) is 6.04 Å². The fourth-order valence-corrected chi connectivity index (χ4v) is 1.32. The molecule has 0 aliphatic rings. The molecule has 84 valence electrons. The van der Waals surface area contributed by atoms with Gasteiger partial charge < -0.3 is 15.8 Å². The highest BCUT2D eigenvalue weighted by molar-refractivity contribution is 6.40. The molecule has 1 aromatic rings. The number of aromatic amines is 1. The summed E-state index contributed by atoms with van der Waals surface area (Å²) in [5.74, 6) is 0.525. The first kappa shape index (κ1) is 12.1. The van der Waals surface area contributed by atoms with Crippen molar-refractivity contribution < 1.29 is 10.0 Å². The van der Waals surface area contributed by atoms with Crippen LogP contribution in [0.15, 0.2) is 0 Å². The second-order valence-corrected chi connectivity index (χ2v) is 3.50. The van der Waals surface area contributed by atoms with E-state index in [1.807, 2.05) is 0 Å². The second-order valence-electron chi connectivity index (χ2n) is 3.50. The molecule has 0 amide bonds. The zero-order valence-corrected chi connectivity index (χ0v) is 8.50. The number of aromatic nitrogens is 4. The van der Waals surface area contributed by atoms with E-state index in [4.69, 9.17) is 15.8 Å². The summed E-state index contributed by atoms with van der Waals surface area (Å²) in [6, 6.07) is -0.192. The monoisotopic (exact) mass is 213 g/mol. The smallest absolute Gasteiger partial charge is 0.427 e. The van der Waals surface area contributed by atoms with Crippen LogP contribution in [0.3, 0.4) is 0 Å². The molecule has 1 atom stereocenters. The summed E-state index contributed by atoms with van der Waals surface area (Å²) in [7, 11) is -1.20. The first-order chi connectivity index (χ1) is 7.20. The summed E-state index contributed by atoms with van der Waals surface area (Å²) in [6.45, 7) is 0. The van der Waals surface area contributed by atoms with Crippen molar-refractivity contribution in [2.24, 2.45) is 5.73 Å². The van der Waals surface area contributed by atoms with Gasteiger partial charge in [-0.3, -0.25) is 0 Å². The third kappa shape index (κ3) is 4.87. The number of hydrogen-bond acceptors (Lipinski definition) is 6. The van der Waals surface area contributed by atoms with E-state index in [2.05, 4.69) is 20.6 Å². The highest BCUT2D eigenvalue weighted by Crippen LogP contribution is 2.13. The second kappa shape index (κ2) is 6.49. The number of unbranched alkanes of at least 4 members (excludes halogenated alkanes) is 2. The maximum absolute atomic E-state index is 8.61. The van der Waals surface area contributed by atoms with E-state index >= 15 is 0 Å². The first-order valence-electron chi connectivity index (χ1n) is 5.05. The SMILES string of the molecule is NC(CCCCCB(O)O)c1nn[nH]n1. The summed E-state index contributed by atoms with van der Waals surface area (Å²) < 4.78 is 0. The lowest BCUT2D eigenvalue weighted by atomic mass is 9.83. The fourth-order valence-electron chi connectivity index (χ4n) is 1.32. The summed E-state index contributed by atoms with van der Waals surface area (Å²) >= 11 is 0. The average molecular weight is 213 g/mol. The topological polar surface area (TPSA) is 121 Å². The Bertz CT molecular complexity index is 256. The number of tetrazole rings is 1. The van der Waals surface area contributed by atoms with Gasteiger partial charge in [-0.1, -0.05) is 24.5 Å². The van der Waals surface area contributed by atoms with E-state index in [1.165, 1.54) is 0 Å². The molecular weight excluding hydrogens is 197 g/mol. The van der Waals surface area contributed by atoms with Gasteiger partial charge in [-0.15, -0.1) is 10.2 Å². The molecule has 1 aromatic heterocycles. The molecule has 1 heterocycles. The minimum Gasteiger partial charge on any atom is -0.427 e. The van der Waals surface area contributed by atoms with E-state index < -0.39 is 7.12 Å². The fraction of sp³-hybridized carbons (Fsp3) is 0.857. The lowest BCUT2D eigenvalue weighted by Crippen LogP contribution is -2.12. The largest absolute Gasteiger partial charge is 0.451 e. The summed E-state index contributed by atoms with van der Waals surface area (Å²) in [6.07, 6.45) is 3.82. The molecule has 0 bridgehead atoms. The molecule has 7 nitrogen and oxygen atoms in total. The Morgan fingerprint density at radius 3 is 2.73 bits per heavy atom. The molecule has 15 heavy (non-hydrogen) atoms. The molecule has 0 aromatic carbocycles. The van der Waals surface area contributed by atoms with Gasteiger partial charge in [-0.05, 0) is 12.7 Å². The van der Waals surface area contributed by atoms with Gasteiger partial charge in [0.1, 0.15) is 0 Å². The van der Waals surface area contributed by atoms with E-state index in [-0.39, 0.29) is 6.04 Å². The van der Waals surface area contributed by atoms with Crippen molar-refractivity contribution in [1.29, 1.82) is 0 Å². The maximum Gasteiger partial charge on any atom is 0.451 e. The van der Waals surface area contributed by atoms with Crippen LogP contribution < -0.4 is 5.73 Å². The highest BCUT2D eigenvalue weighted by atomic mass is 16.4. The molecule has 0 radical (unpaired) electrons. The predicted octanol–water partition coefficient (Wildman–Crippen LogP) is -0.767. The third-order valence-corrected chi connectivity index (χ3v) is 2.17. The summed E-state index contributed by atoms with van der Waals surface area (Å²) in [5, 5.41) is 30.6. The van der Waals surface area contributed by atoms with Crippen molar-refractivity contribution in [3.8, 4) is 0 Å². The van der Waals surface area contributed by atoms with Crippen molar-refractivity contribution in [2.75, 3.05) is 0 Å². The molecule has 1 rings (SSSR count). The highest BCUT2D eigenvalue weighted by Gasteiger charge is 2.10. The Hall–Kier alpha value is -0.985. The van der Waals surface area contributed by atoms with Crippen molar-refractivity contribution in [1.82, 2.24) is 20.6 Å². The van der Waals surface area contributed by atoms with Gasteiger partial charge in [0, 0.05) is 0 Å². The van der Waals surface area contributed by atoms with Gasteiger partial charge in [-0.25, -0.2) is 0 Å². The Labute approximate surface area is 88.2 Å². The Morgan fingerprint density at radius 1 is 1.33 bits per heavy atom. The Kier molecular flexibility index (Phi) is 5.23. The molecule has 0 fully saturated rings. The van der Waals surface area contributed by atoms with Crippen molar-refractivity contribution in [2.45, 2.75) is 38.0 Å². The van der Waals surface area contributed by atoms with Crippen LogP contribution in [0.4, 0.5) is 0 Å². The first-order valence-corrected chi connectivity index (χ1v) is 5.05. The van der Waals surface area contributed by atoms with Crippen LogP contribution in [-0.2, 0) is 0 Å². The van der Waals surface area contributed by atoms with Crippen LogP contribution in [0.25, 0.3) is 0 Å². The van der Waals surface area contributed by atoms with Crippen LogP contribution in [-0.4, -0.2) is 37.8 Å².